The molecular weight excluding hydrogens is 184 g/mol. The Morgan fingerprint density at radius 2 is 1.54 bits per heavy atom. The van der Waals surface area contributed by atoms with Crippen LogP contribution in [0.3, 0.4) is 0 Å². The Morgan fingerprint density at radius 3 is 2.00 bits per heavy atom. The van der Waals surface area contributed by atoms with E-state index in [0.717, 1.165) is 0 Å². The minimum atomic E-state index is -1.81. The van der Waals surface area contributed by atoms with Gasteiger partial charge in [-0.1, -0.05) is 0 Å². The first kappa shape index (κ1) is 10.4. The second-order valence-corrected chi connectivity index (χ2v) is 2.76. The quantitative estimate of drug-likeness (QED) is 0.298. The molecule has 0 amide bonds. The monoisotopic (exact) mass is 194 g/mol. The molecule has 1 aliphatic rings. The van der Waals surface area contributed by atoms with Crippen molar-refractivity contribution in [2.24, 2.45) is 0 Å². The van der Waals surface area contributed by atoms with Crippen molar-refractivity contribution in [3.63, 3.8) is 0 Å². The SMILES string of the molecule is O=C(O)[C@H]1O[C@H](O)[C@H](O)C(O)[C@H]1O. The van der Waals surface area contributed by atoms with Gasteiger partial charge >= 0.3 is 5.97 Å². The molecule has 76 valence electrons. The number of rotatable bonds is 1. The molecule has 0 aromatic heterocycles. The average molecular weight is 194 g/mol. The molecule has 0 spiro atoms. The zero-order chi connectivity index (χ0) is 10.2. The summed E-state index contributed by atoms with van der Waals surface area (Å²) in [6, 6.07) is 0. The van der Waals surface area contributed by atoms with Crippen LogP contribution >= 0.6 is 0 Å². The fourth-order valence-corrected chi connectivity index (χ4v) is 1.07. The molecule has 7 nitrogen and oxygen atoms in total. The number of aliphatic hydroxyl groups excluding tert-OH is 4. The van der Waals surface area contributed by atoms with E-state index in [1.54, 1.807) is 0 Å². The van der Waals surface area contributed by atoms with Crippen molar-refractivity contribution in [2.45, 2.75) is 30.7 Å². The molecule has 1 fully saturated rings. The standard InChI is InChI=1S/C6H10O7/c7-1-2(8)4(5(10)11)13-6(12)3(1)9/h1-4,6-9,12H,(H,10,11)/t1?,2-,3-,4+,6+/m1/s1. The number of hydrogen-bond acceptors (Lipinski definition) is 6. The number of carbonyl (C=O) groups is 1. The third kappa shape index (κ3) is 1.79. The first-order valence-corrected chi connectivity index (χ1v) is 3.55. The Morgan fingerprint density at radius 1 is 1.00 bits per heavy atom. The fraction of sp³-hybridized carbons (Fsp3) is 0.833. The summed E-state index contributed by atoms with van der Waals surface area (Å²) in [5.74, 6) is -1.52. The summed E-state index contributed by atoms with van der Waals surface area (Å²) < 4.78 is 4.34. The summed E-state index contributed by atoms with van der Waals surface area (Å²) in [7, 11) is 0. The van der Waals surface area contributed by atoms with Gasteiger partial charge in [-0.2, -0.15) is 0 Å². The maximum atomic E-state index is 10.4. The molecule has 0 radical (unpaired) electrons. The normalized spacial score (nSPS) is 46.0. The van der Waals surface area contributed by atoms with Gasteiger partial charge in [0.15, 0.2) is 12.4 Å². The van der Waals surface area contributed by atoms with Gasteiger partial charge in [-0.15, -0.1) is 0 Å². The van der Waals surface area contributed by atoms with Gasteiger partial charge in [0.1, 0.15) is 18.3 Å². The molecule has 5 N–H and O–H groups in total. The van der Waals surface area contributed by atoms with E-state index in [0.29, 0.717) is 0 Å². The third-order valence-electron chi connectivity index (χ3n) is 1.83. The molecule has 1 aliphatic heterocycles. The van der Waals surface area contributed by atoms with Crippen LogP contribution in [0.25, 0.3) is 0 Å². The first-order chi connectivity index (χ1) is 5.95. The Hall–Kier alpha value is -0.730. The van der Waals surface area contributed by atoms with Gasteiger partial charge in [0, 0.05) is 0 Å². The predicted molar refractivity (Wildman–Crippen MR) is 36.5 cm³/mol. The van der Waals surface area contributed by atoms with Crippen molar-refractivity contribution < 1.29 is 35.1 Å². The Bertz CT molecular complexity index is 205. The van der Waals surface area contributed by atoms with E-state index in [2.05, 4.69) is 4.74 Å². The van der Waals surface area contributed by atoms with Crippen molar-refractivity contribution in [1.29, 1.82) is 0 Å². The lowest BCUT2D eigenvalue weighted by Crippen LogP contribution is -2.59. The zero-order valence-electron chi connectivity index (χ0n) is 6.44. The molecule has 5 atom stereocenters. The molecule has 1 rings (SSSR count). The highest BCUT2D eigenvalue weighted by molar-refractivity contribution is 5.73. The van der Waals surface area contributed by atoms with Gasteiger partial charge in [0.25, 0.3) is 0 Å². The van der Waals surface area contributed by atoms with Crippen molar-refractivity contribution >= 4 is 5.97 Å². The fourth-order valence-electron chi connectivity index (χ4n) is 1.07. The number of carboxylic acids is 1. The highest BCUT2D eigenvalue weighted by atomic mass is 16.6. The summed E-state index contributed by atoms with van der Waals surface area (Å²) in [6.07, 6.45) is -8.72. The summed E-state index contributed by atoms with van der Waals surface area (Å²) in [5, 5.41) is 44.4. The maximum absolute atomic E-state index is 10.4. The zero-order valence-corrected chi connectivity index (χ0v) is 6.44. The number of ether oxygens (including phenoxy) is 1. The van der Waals surface area contributed by atoms with Gasteiger partial charge in [0.2, 0.25) is 0 Å². The Balaban J connectivity index is 2.76. The second-order valence-electron chi connectivity index (χ2n) is 2.76. The van der Waals surface area contributed by atoms with Crippen LogP contribution in [0, 0.1) is 0 Å². The molecule has 0 saturated carbocycles. The highest BCUT2D eigenvalue weighted by Crippen LogP contribution is 2.19. The molecular formula is C6H10O7. The van der Waals surface area contributed by atoms with Gasteiger partial charge < -0.3 is 30.3 Å². The number of carboxylic acid groups (broad SMARTS) is 1. The molecule has 0 aromatic carbocycles. The number of hydrogen-bond donors (Lipinski definition) is 5. The smallest absolute Gasteiger partial charge is 0.335 e. The Kier molecular flexibility index (Phi) is 2.84. The summed E-state index contributed by atoms with van der Waals surface area (Å²) in [5.41, 5.74) is 0. The minimum absolute atomic E-state index is 1.52. The van der Waals surface area contributed by atoms with E-state index in [1.807, 2.05) is 0 Å². The van der Waals surface area contributed by atoms with Crippen LogP contribution < -0.4 is 0 Å². The average Bonchev–Trinajstić information content (AvgIpc) is 2.07. The van der Waals surface area contributed by atoms with Gasteiger partial charge in [-0.25, -0.2) is 4.79 Å². The first-order valence-electron chi connectivity index (χ1n) is 3.55. The molecule has 13 heavy (non-hydrogen) atoms. The Labute approximate surface area is 72.8 Å². The van der Waals surface area contributed by atoms with Gasteiger partial charge in [0.05, 0.1) is 0 Å². The molecule has 1 saturated heterocycles. The van der Waals surface area contributed by atoms with Crippen molar-refractivity contribution in [3.05, 3.63) is 0 Å². The van der Waals surface area contributed by atoms with Crippen LogP contribution in [0.15, 0.2) is 0 Å². The summed E-state index contributed by atoms with van der Waals surface area (Å²) >= 11 is 0. The molecule has 7 heteroatoms. The van der Waals surface area contributed by atoms with Gasteiger partial charge in [-0.3, -0.25) is 0 Å². The lowest BCUT2D eigenvalue weighted by Gasteiger charge is -2.36. The van der Waals surface area contributed by atoms with E-state index in [1.165, 1.54) is 0 Å². The van der Waals surface area contributed by atoms with Crippen LogP contribution in [0.2, 0.25) is 0 Å². The maximum Gasteiger partial charge on any atom is 0.335 e. The second kappa shape index (κ2) is 3.56. The van der Waals surface area contributed by atoms with E-state index in [4.69, 9.17) is 25.5 Å². The molecule has 1 unspecified atom stereocenters. The molecule has 0 bridgehead atoms. The van der Waals surface area contributed by atoms with Crippen LogP contribution in [0.5, 0.6) is 0 Å². The lowest BCUT2D eigenvalue weighted by molar-refractivity contribution is -0.279. The van der Waals surface area contributed by atoms with Crippen molar-refractivity contribution in [1.82, 2.24) is 0 Å². The van der Waals surface area contributed by atoms with Crippen LogP contribution in [0.4, 0.5) is 0 Å². The lowest BCUT2D eigenvalue weighted by atomic mass is 9.99. The summed E-state index contributed by atoms with van der Waals surface area (Å²) in [4.78, 5) is 10.4. The minimum Gasteiger partial charge on any atom is -0.479 e. The van der Waals surface area contributed by atoms with Crippen LogP contribution in [-0.4, -0.2) is 62.2 Å². The van der Waals surface area contributed by atoms with Crippen LogP contribution in [0.1, 0.15) is 0 Å². The highest BCUT2D eigenvalue weighted by Gasteiger charge is 2.46. The predicted octanol–water partition coefficient (Wildman–Crippen LogP) is -3.13. The topological polar surface area (TPSA) is 127 Å². The number of aliphatic carboxylic acids is 1. The molecule has 1 heterocycles. The largest absolute Gasteiger partial charge is 0.479 e. The van der Waals surface area contributed by atoms with E-state index in [9.17, 15) is 4.79 Å². The third-order valence-corrected chi connectivity index (χ3v) is 1.83. The van der Waals surface area contributed by atoms with E-state index < -0.39 is 36.7 Å². The summed E-state index contributed by atoms with van der Waals surface area (Å²) in [6.45, 7) is 0. The molecule has 0 aliphatic carbocycles. The molecule has 0 aromatic rings. The van der Waals surface area contributed by atoms with Gasteiger partial charge in [-0.05, 0) is 0 Å². The van der Waals surface area contributed by atoms with E-state index >= 15 is 0 Å². The van der Waals surface area contributed by atoms with E-state index in [-0.39, 0.29) is 0 Å². The number of aliphatic hydroxyl groups is 4. The van der Waals surface area contributed by atoms with Crippen molar-refractivity contribution in [2.75, 3.05) is 0 Å². The van der Waals surface area contributed by atoms with Crippen LogP contribution in [-0.2, 0) is 9.53 Å². The van der Waals surface area contributed by atoms with Crippen molar-refractivity contribution in [3.8, 4) is 0 Å².